The van der Waals surface area contributed by atoms with E-state index in [0.29, 0.717) is 0 Å². The predicted molar refractivity (Wildman–Crippen MR) is 71.9 cm³/mol. The molecule has 108 valence electrons. The molecule has 0 saturated heterocycles. The van der Waals surface area contributed by atoms with Crippen molar-refractivity contribution in [1.29, 1.82) is 0 Å². The fourth-order valence-electron chi connectivity index (χ4n) is 1.27. The van der Waals surface area contributed by atoms with Gasteiger partial charge in [0.05, 0.1) is 24.3 Å². The minimum Gasteiger partial charge on any atom is -0.504 e. The first-order chi connectivity index (χ1) is 9.36. The normalized spacial score (nSPS) is 10.8. The number of hydrogen-bond acceptors (Lipinski definition) is 6. The molecule has 1 amide bonds. The van der Waals surface area contributed by atoms with Gasteiger partial charge in [0.25, 0.3) is 5.69 Å². The van der Waals surface area contributed by atoms with Crippen molar-refractivity contribution in [3.05, 3.63) is 27.8 Å². The van der Waals surface area contributed by atoms with Gasteiger partial charge in [0.1, 0.15) is 0 Å². The fourth-order valence-corrected chi connectivity index (χ4v) is 1.27. The van der Waals surface area contributed by atoms with Gasteiger partial charge in [-0.3, -0.25) is 14.9 Å². The number of carbonyl (C=O) groups is 1. The van der Waals surface area contributed by atoms with Crippen LogP contribution in [0, 0.1) is 16.0 Å². The van der Waals surface area contributed by atoms with Crippen LogP contribution < -0.4 is 10.2 Å². The second-order valence-corrected chi connectivity index (χ2v) is 4.23. The molecule has 0 aliphatic carbocycles. The van der Waals surface area contributed by atoms with Crippen LogP contribution in [-0.4, -0.2) is 29.3 Å². The number of benzene rings is 1. The second kappa shape index (κ2) is 6.50. The maximum Gasteiger partial charge on any atom is 0.274 e. The summed E-state index contributed by atoms with van der Waals surface area (Å²) in [6.07, 6.45) is 1.12. The first kappa shape index (κ1) is 15.4. The second-order valence-electron chi connectivity index (χ2n) is 4.23. The third-order valence-corrected chi connectivity index (χ3v) is 2.42. The number of nitro groups is 1. The molecule has 1 aromatic carbocycles. The van der Waals surface area contributed by atoms with E-state index < -0.39 is 4.92 Å². The van der Waals surface area contributed by atoms with Gasteiger partial charge in [-0.05, 0) is 0 Å². The molecule has 8 nitrogen and oxygen atoms in total. The van der Waals surface area contributed by atoms with Gasteiger partial charge in [-0.1, -0.05) is 13.8 Å². The number of nitro benzene ring substituents is 1. The van der Waals surface area contributed by atoms with E-state index in [1.807, 2.05) is 0 Å². The van der Waals surface area contributed by atoms with Crippen molar-refractivity contribution >= 4 is 17.8 Å². The van der Waals surface area contributed by atoms with Crippen LogP contribution in [0.5, 0.6) is 11.5 Å². The van der Waals surface area contributed by atoms with Crippen LogP contribution in [0.2, 0.25) is 0 Å². The topological polar surface area (TPSA) is 114 Å². The highest BCUT2D eigenvalue weighted by molar-refractivity contribution is 5.87. The Labute approximate surface area is 115 Å². The van der Waals surface area contributed by atoms with Crippen molar-refractivity contribution < 1.29 is 19.6 Å². The fraction of sp³-hybridized carbons (Fsp3) is 0.333. The number of non-ortho nitro benzene ring substituents is 1. The summed E-state index contributed by atoms with van der Waals surface area (Å²) in [5.74, 6) is -0.894. The lowest BCUT2D eigenvalue weighted by atomic mass is 10.1. The third-order valence-electron chi connectivity index (χ3n) is 2.42. The van der Waals surface area contributed by atoms with Crippen molar-refractivity contribution in [2.24, 2.45) is 11.0 Å². The number of ether oxygens (including phenoxy) is 1. The van der Waals surface area contributed by atoms with Crippen molar-refractivity contribution in [3.63, 3.8) is 0 Å². The molecule has 8 heteroatoms. The highest BCUT2D eigenvalue weighted by Gasteiger charge is 2.15. The van der Waals surface area contributed by atoms with E-state index in [-0.39, 0.29) is 34.6 Å². The number of carbonyl (C=O) groups excluding carboxylic acids is 1. The molecule has 0 bridgehead atoms. The van der Waals surface area contributed by atoms with Gasteiger partial charge in [-0.2, -0.15) is 5.10 Å². The zero-order valence-electron chi connectivity index (χ0n) is 11.3. The molecule has 0 heterocycles. The molecule has 0 atom stereocenters. The molecule has 20 heavy (non-hydrogen) atoms. The van der Waals surface area contributed by atoms with Crippen LogP contribution in [0.1, 0.15) is 19.4 Å². The van der Waals surface area contributed by atoms with Gasteiger partial charge >= 0.3 is 0 Å². The number of methoxy groups -OCH3 is 1. The summed E-state index contributed by atoms with van der Waals surface area (Å²) in [6, 6.07) is 2.22. The Bertz CT molecular complexity index is 554. The van der Waals surface area contributed by atoms with Crippen molar-refractivity contribution in [2.45, 2.75) is 13.8 Å². The lowest BCUT2D eigenvalue weighted by molar-refractivity contribution is -0.385. The summed E-state index contributed by atoms with van der Waals surface area (Å²) in [5, 5.41) is 24.2. The standard InChI is InChI=1S/C12H15N3O5/c1-7(2)12(17)14-13-6-8-4-9(15(18)19)5-10(20-3)11(8)16/h4-7,16H,1-3H3,(H,14,17)/b13-6+. The molecular weight excluding hydrogens is 266 g/mol. The molecule has 0 aliphatic rings. The number of hydrazone groups is 1. The molecule has 0 saturated carbocycles. The summed E-state index contributed by atoms with van der Waals surface area (Å²) < 4.78 is 4.84. The minimum absolute atomic E-state index is 0.0455. The van der Waals surface area contributed by atoms with Crippen LogP contribution >= 0.6 is 0 Å². The molecule has 0 aromatic heterocycles. The first-order valence-corrected chi connectivity index (χ1v) is 5.75. The Morgan fingerprint density at radius 3 is 2.70 bits per heavy atom. The van der Waals surface area contributed by atoms with E-state index in [0.717, 1.165) is 18.3 Å². The van der Waals surface area contributed by atoms with E-state index in [9.17, 15) is 20.0 Å². The van der Waals surface area contributed by atoms with E-state index in [1.165, 1.54) is 7.11 Å². The maximum absolute atomic E-state index is 11.3. The zero-order chi connectivity index (χ0) is 15.3. The highest BCUT2D eigenvalue weighted by Crippen LogP contribution is 2.33. The number of rotatable bonds is 5. The lowest BCUT2D eigenvalue weighted by Crippen LogP contribution is -2.22. The van der Waals surface area contributed by atoms with Crippen LogP contribution in [0.4, 0.5) is 5.69 Å². The molecule has 2 N–H and O–H groups in total. The molecule has 1 aromatic rings. The summed E-state index contributed by atoms with van der Waals surface area (Å²) in [4.78, 5) is 21.4. The molecule has 0 spiro atoms. The van der Waals surface area contributed by atoms with Crippen LogP contribution in [0.3, 0.4) is 0 Å². The lowest BCUT2D eigenvalue weighted by Gasteiger charge is -2.06. The zero-order valence-corrected chi connectivity index (χ0v) is 11.3. The first-order valence-electron chi connectivity index (χ1n) is 5.75. The number of aromatic hydroxyl groups is 1. The van der Waals surface area contributed by atoms with Crippen molar-refractivity contribution in [2.75, 3.05) is 7.11 Å². The van der Waals surface area contributed by atoms with E-state index in [1.54, 1.807) is 13.8 Å². The van der Waals surface area contributed by atoms with Gasteiger partial charge < -0.3 is 9.84 Å². The Kier molecular flexibility index (Phi) is 5.01. The Hall–Kier alpha value is -2.64. The van der Waals surface area contributed by atoms with E-state index >= 15 is 0 Å². The van der Waals surface area contributed by atoms with Gasteiger partial charge in [0, 0.05) is 17.5 Å². The molecule has 0 unspecified atom stereocenters. The van der Waals surface area contributed by atoms with Crippen molar-refractivity contribution in [1.82, 2.24) is 5.43 Å². The monoisotopic (exact) mass is 281 g/mol. The third kappa shape index (κ3) is 3.67. The molecule has 1 rings (SSSR count). The Morgan fingerprint density at radius 1 is 1.55 bits per heavy atom. The Morgan fingerprint density at radius 2 is 2.20 bits per heavy atom. The van der Waals surface area contributed by atoms with E-state index in [4.69, 9.17) is 4.74 Å². The smallest absolute Gasteiger partial charge is 0.274 e. The number of nitrogens with zero attached hydrogens (tertiary/aromatic N) is 2. The van der Waals surface area contributed by atoms with Gasteiger partial charge in [0.2, 0.25) is 5.91 Å². The predicted octanol–water partition coefficient (Wildman–Crippen LogP) is 1.42. The molecular formula is C12H15N3O5. The van der Waals surface area contributed by atoms with Gasteiger partial charge in [0.15, 0.2) is 11.5 Å². The average molecular weight is 281 g/mol. The Balaban J connectivity index is 3.05. The molecule has 0 fully saturated rings. The quantitative estimate of drug-likeness (QED) is 0.481. The number of phenols is 1. The van der Waals surface area contributed by atoms with Crippen molar-refractivity contribution in [3.8, 4) is 11.5 Å². The summed E-state index contributed by atoms with van der Waals surface area (Å²) in [6.45, 7) is 3.39. The summed E-state index contributed by atoms with van der Waals surface area (Å²) in [7, 11) is 1.28. The maximum atomic E-state index is 11.3. The molecule has 0 aliphatic heterocycles. The summed E-state index contributed by atoms with van der Waals surface area (Å²) >= 11 is 0. The van der Waals surface area contributed by atoms with Crippen LogP contribution in [-0.2, 0) is 4.79 Å². The number of amides is 1. The summed E-state index contributed by atoms with van der Waals surface area (Å²) in [5.41, 5.74) is 2.07. The van der Waals surface area contributed by atoms with Gasteiger partial charge in [-0.15, -0.1) is 0 Å². The largest absolute Gasteiger partial charge is 0.504 e. The highest BCUT2D eigenvalue weighted by atomic mass is 16.6. The SMILES string of the molecule is COc1cc([N+](=O)[O-])cc(/C=N/NC(=O)C(C)C)c1O. The number of nitrogens with one attached hydrogen (secondary N) is 1. The average Bonchev–Trinajstić information content (AvgIpc) is 2.39. The van der Waals surface area contributed by atoms with E-state index in [2.05, 4.69) is 10.5 Å². The van der Waals surface area contributed by atoms with Crippen LogP contribution in [0.25, 0.3) is 0 Å². The minimum atomic E-state index is -0.619. The number of phenolic OH excluding ortho intramolecular Hbond substituents is 1. The van der Waals surface area contributed by atoms with Crippen LogP contribution in [0.15, 0.2) is 17.2 Å². The molecule has 0 radical (unpaired) electrons. The number of hydrogen-bond donors (Lipinski definition) is 2. The van der Waals surface area contributed by atoms with Gasteiger partial charge in [-0.25, -0.2) is 5.43 Å².